The largest absolute Gasteiger partial charge is 0.341 e. The van der Waals surface area contributed by atoms with Gasteiger partial charge in [-0.1, -0.05) is 6.92 Å². The van der Waals surface area contributed by atoms with Crippen molar-refractivity contribution in [1.82, 2.24) is 15.1 Å². The van der Waals surface area contributed by atoms with Gasteiger partial charge in [-0.05, 0) is 26.3 Å². The summed E-state index contributed by atoms with van der Waals surface area (Å²) >= 11 is 0. The van der Waals surface area contributed by atoms with Gasteiger partial charge in [0.1, 0.15) is 0 Å². The van der Waals surface area contributed by atoms with Crippen LogP contribution in [0, 0.1) is 5.41 Å². The molecule has 0 radical (unpaired) electrons. The van der Waals surface area contributed by atoms with Crippen LogP contribution >= 0.6 is 0 Å². The highest BCUT2D eigenvalue weighted by molar-refractivity contribution is 5.83. The van der Waals surface area contributed by atoms with Crippen molar-refractivity contribution in [3.05, 3.63) is 0 Å². The molecule has 0 aromatic carbocycles. The van der Waals surface area contributed by atoms with E-state index in [4.69, 9.17) is 0 Å². The Morgan fingerprint density at radius 3 is 2.47 bits per heavy atom. The first-order chi connectivity index (χ1) is 9.07. The lowest BCUT2D eigenvalue weighted by atomic mass is 9.88. The lowest BCUT2D eigenvalue weighted by molar-refractivity contribution is -0.140. The maximum absolute atomic E-state index is 12.6. The third-order valence-electron chi connectivity index (χ3n) is 4.32. The molecule has 0 spiro atoms. The third-order valence-corrected chi connectivity index (χ3v) is 4.32. The van der Waals surface area contributed by atoms with Crippen LogP contribution in [0.15, 0.2) is 0 Å². The fourth-order valence-corrected chi connectivity index (χ4v) is 2.97. The van der Waals surface area contributed by atoms with Gasteiger partial charge in [-0.15, -0.1) is 0 Å². The molecule has 1 N–H and O–H groups in total. The van der Waals surface area contributed by atoms with E-state index in [1.165, 1.54) is 0 Å². The highest BCUT2D eigenvalue weighted by atomic mass is 16.2. The molecule has 5 nitrogen and oxygen atoms in total. The van der Waals surface area contributed by atoms with E-state index < -0.39 is 0 Å². The molecule has 2 aliphatic heterocycles. The predicted molar refractivity (Wildman–Crippen MR) is 73.7 cm³/mol. The van der Waals surface area contributed by atoms with Gasteiger partial charge in [-0.2, -0.15) is 0 Å². The van der Waals surface area contributed by atoms with Crippen molar-refractivity contribution in [3.63, 3.8) is 0 Å². The van der Waals surface area contributed by atoms with Crippen LogP contribution in [0.4, 0.5) is 0 Å². The van der Waals surface area contributed by atoms with Crippen LogP contribution in [0.5, 0.6) is 0 Å². The monoisotopic (exact) mass is 267 g/mol. The molecule has 108 valence electrons. The summed E-state index contributed by atoms with van der Waals surface area (Å²) in [7, 11) is 0. The maximum atomic E-state index is 12.6. The second-order valence-corrected chi connectivity index (χ2v) is 5.87. The molecule has 2 amide bonds. The van der Waals surface area contributed by atoms with Gasteiger partial charge < -0.3 is 15.1 Å². The number of nitrogens with zero attached hydrogens (tertiary/aromatic N) is 2. The number of carbonyl (C=O) groups is 2. The molecular formula is C14H25N3O2. The minimum atomic E-state index is -0.246. The van der Waals surface area contributed by atoms with Crippen LogP contribution in [0.3, 0.4) is 0 Å². The summed E-state index contributed by atoms with van der Waals surface area (Å²) in [4.78, 5) is 28.2. The van der Waals surface area contributed by atoms with Crippen molar-refractivity contribution < 1.29 is 9.59 Å². The van der Waals surface area contributed by atoms with Gasteiger partial charge >= 0.3 is 0 Å². The molecule has 2 rings (SSSR count). The molecule has 1 atom stereocenters. The Morgan fingerprint density at radius 2 is 1.84 bits per heavy atom. The summed E-state index contributed by atoms with van der Waals surface area (Å²) in [6.45, 7) is 8.57. The summed E-state index contributed by atoms with van der Waals surface area (Å²) in [5.74, 6) is 0.450. The Balaban J connectivity index is 1.95. The molecule has 0 aromatic rings. The van der Waals surface area contributed by atoms with E-state index in [-0.39, 0.29) is 17.2 Å². The van der Waals surface area contributed by atoms with Crippen LogP contribution < -0.4 is 5.32 Å². The summed E-state index contributed by atoms with van der Waals surface area (Å²) in [6, 6.07) is 0. The van der Waals surface area contributed by atoms with Gasteiger partial charge in [0.2, 0.25) is 11.8 Å². The average molecular weight is 267 g/mol. The van der Waals surface area contributed by atoms with Gasteiger partial charge in [-0.25, -0.2) is 0 Å². The van der Waals surface area contributed by atoms with Gasteiger partial charge in [0.05, 0.1) is 5.41 Å². The van der Waals surface area contributed by atoms with Gasteiger partial charge in [0, 0.05) is 39.1 Å². The maximum Gasteiger partial charge on any atom is 0.229 e. The van der Waals surface area contributed by atoms with E-state index >= 15 is 0 Å². The van der Waals surface area contributed by atoms with Crippen LogP contribution in [0.2, 0.25) is 0 Å². The van der Waals surface area contributed by atoms with E-state index in [1.54, 1.807) is 0 Å². The average Bonchev–Trinajstić information content (AvgIpc) is 2.73. The lowest BCUT2D eigenvalue weighted by Gasteiger charge is -2.30. The number of hydrogen-bond acceptors (Lipinski definition) is 3. The molecule has 0 aromatic heterocycles. The zero-order valence-electron chi connectivity index (χ0n) is 12.1. The number of nitrogens with one attached hydrogen (secondary N) is 1. The van der Waals surface area contributed by atoms with Crippen LogP contribution in [-0.4, -0.2) is 60.9 Å². The standard InChI is InChI=1S/C14H25N3O2/c1-3-12(18)16-7-4-8-17(10-9-16)13(19)14(2)5-6-15-11-14/h15H,3-11H2,1-2H3. The summed E-state index contributed by atoms with van der Waals surface area (Å²) in [5.41, 5.74) is -0.246. The Morgan fingerprint density at radius 1 is 1.16 bits per heavy atom. The zero-order chi connectivity index (χ0) is 13.9. The van der Waals surface area contributed by atoms with Crippen LogP contribution in [0.25, 0.3) is 0 Å². The number of rotatable bonds is 2. The Hall–Kier alpha value is -1.10. The van der Waals surface area contributed by atoms with Crippen molar-refractivity contribution in [3.8, 4) is 0 Å². The highest BCUT2D eigenvalue weighted by Crippen LogP contribution is 2.27. The third kappa shape index (κ3) is 3.08. The number of carbonyl (C=O) groups excluding carboxylic acids is 2. The molecule has 2 saturated heterocycles. The molecule has 0 aliphatic carbocycles. The first-order valence-corrected chi connectivity index (χ1v) is 7.35. The van der Waals surface area contributed by atoms with Crippen molar-refractivity contribution >= 4 is 11.8 Å². The molecule has 5 heteroatoms. The quantitative estimate of drug-likeness (QED) is 0.790. The van der Waals surface area contributed by atoms with Crippen LogP contribution in [-0.2, 0) is 9.59 Å². The Bertz CT molecular complexity index is 351. The predicted octanol–water partition coefficient (Wildman–Crippen LogP) is 0.457. The molecule has 2 aliphatic rings. The summed E-state index contributed by atoms with van der Waals surface area (Å²) in [5, 5.41) is 3.27. The fraction of sp³-hybridized carbons (Fsp3) is 0.857. The van der Waals surface area contributed by atoms with E-state index in [2.05, 4.69) is 12.2 Å². The van der Waals surface area contributed by atoms with Gasteiger partial charge in [0.15, 0.2) is 0 Å². The van der Waals surface area contributed by atoms with Gasteiger partial charge in [-0.3, -0.25) is 9.59 Å². The molecular weight excluding hydrogens is 242 g/mol. The minimum absolute atomic E-state index is 0.197. The minimum Gasteiger partial charge on any atom is -0.341 e. The molecule has 2 fully saturated rings. The number of hydrogen-bond donors (Lipinski definition) is 1. The van der Waals surface area contributed by atoms with Crippen molar-refractivity contribution in [2.75, 3.05) is 39.3 Å². The van der Waals surface area contributed by atoms with E-state index in [9.17, 15) is 9.59 Å². The zero-order valence-corrected chi connectivity index (χ0v) is 12.1. The Labute approximate surface area is 115 Å². The summed E-state index contributed by atoms with van der Waals surface area (Å²) < 4.78 is 0. The first kappa shape index (κ1) is 14.3. The fourth-order valence-electron chi connectivity index (χ4n) is 2.97. The smallest absolute Gasteiger partial charge is 0.229 e. The van der Waals surface area contributed by atoms with Gasteiger partial charge in [0.25, 0.3) is 0 Å². The normalized spacial score (nSPS) is 28.3. The van der Waals surface area contributed by atoms with Crippen molar-refractivity contribution in [1.29, 1.82) is 0 Å². The van der Waals surface area contributed by atoms with E-state index in [0.717, 1.165) is 39.0 Å². The first-order valence-electron chi connectivity index (χ1n) is 7.35. The number of amides is 2. The topological polar surface area (TPSA) is 52.7 Å². The molecule has 0 saturated carbocycles. The van der Waals surface area contributed by atoms with Crippen molar-refractivity contribution in [2.45, 2.75) is 33.1 Å². The Kier molecular flexibility index (Phi) is 4.45. The lowest BCUT2D eigenvalue weighted by Crippen LogP contribution is -2.45. The molecule has 0 bridgehead atoms. The second-order valence-electron chi connectivity index (χ2n) is 5.87. The molecule has 19 heavy (non-hydrogen) atoms. The van der Waals surface area contributed by atoms with E-state index in [1.807, 2.05) is 16.7 Å². The molecule has 1 unspecified atom stereocenters. The second kappa shape index (κ2) is 5.90. The summed E-state index contributed by atoms with van der Waals surface area (Å²) in [6.07, 6.45) is 2.36. The SMILES string of the molecule is CCC(=O)N1CCCN(C(=O)C2(C)CCNC2)CC1. The highest BCUT2D eigenvalue weighted by Gasteiger charge is 2.39. The van der Waals surface area contributed by atoms with Crippen LogP contribution in [0.1, 0.15) is 33.1 Å². The van der Waals surface area contributed by atoms with E-state index in [0.29, 0.717) is 19.5 Å². The molecule has 2 heterocycles. The van der Waals surface area contributed by atoms with Crippen molar-refractivity contribution in [2.24, 2.45) is 5.41 Å².